The third-order valence-corrected chi connectivity index (χ3v) is 5.84. The van der Waals surface area contributed by atoms with Crippen molar-refractivity contribution < 1.29 is 9.90 Å². The number of amides is 1. The van der Waals surface area contributed by atoms with Crippen molar-refractivity contribution in [2.45, 2.75) is 57.2 Å². The number of pyridine rings is 1. The quantitative estimate of drug-likeness (QED) is 0.715. The molecule has 1 saturated heterocycles. The molecule has 4 N–H and O–H groups in total. The number of anilines is 2. The van der Waals surface area contributed by atoms with E-state index in [-0.39, 0.29) is 23.6 Å². The average molecular weight is 386 g/mol. The zero-order valence-corrected chi connectivity index (χ0v) is 16.0. The minimum absolute atomic E-state index is 0.0906. The molecular formula is C19H26N6O3. The van der Waals surface area contributed by atoms with Gasteiger partial charge in [0.2, 0.25) is 11.9 Å². The van der Waals surface area contributed by atoms with Crippen LogP contribution in [0.1, 0.15) is 45.1 Å². The number of nitrogens with two attached hydrogens (primary N) is 1. The average Bonchev–Trinajstić information content (AvgIpc) is 3.08. The summed E-state index contributed by atoms with van der Waals surface area (Å²) in [5, 5.41) is 13.9. The van der Waals surface area contributed by atoms with Gasteiger partial charge in [0, 0.05) is 50.0 Å². The van der Waals surface area contributed by atoms with Crippen LogP contribution in [0, 0.1) is 0 Å². The number of piperidine rings is 1. The van der Waals surface area contributed by atoms with E-state index < -0.39 is 6.10 Å². The van der Waals surface area contributed by atoms with Crippen LogP contribution in [0.3, 0.4) is 0 Å². The lowest BCUT2D eigenvalue weighted by Crippen LogP contribution is -2.41. The van der Waals surface area contributed by atoms with Crippen molar-refractivity contribution in [3.05, 3.63) is 22.6 Å². The highest BCUT2D eigenvalue weighted by atomic mass is 16.3. The van der Waals surface area contributed by atoms with Crippen molar-refractivity contribution in [1.82, 2.24) is 19.4 Å². The first-order valence-corrected chi connectivity index (χ1v) is 9.80. The van der Waals surface area contributed by atoms with Gasteiger partial charge in [-0.3, -0.25) is 14.2 Å². The number of nitrogens with zero attached hydrogens (tertiary/aromatic N) is 4. The van der Waals surface area contributed by atoms with E-state index in [0.717, 1.165) is 19.3 Å². The second-order valence-corrected chi connectivity index (χ2v) is 7.78. The monoisotopic (exact) mass is 386 g/mol. The number of aliphatic hydroxyl groups is 1. The first-order valence-electron chi connectivity index (χ1n) is 9.80. The minimum atomic E-state index is -0.393. The van der Waals surface area contributed by atoms with Crippen molar-refractivity contribution >= 4 is 28.6 Å². The van der Waals surface area contributed by atoms with Crippen LogP contribution in [0.15, 0.2) is 17.1 Å². The molecule has 3 heterocycles. The van der Waals surface area contributed by atoms with E-state index in [0.29, 0.717) is 48.6 Å². The number of likely N-dealkylation sites (tertiary alicyclic amines) is 1. The van der Waals surface area contributed by atoms with E-state index in [1.54, 1.807) is 17.7 Å². The fourth-order valence-corrected chi connectivity index (χ4v) is 4.26. The van der Waals surface area contributed by atoms with Gasteiger partial charge in [0.15, 0.2) is 5.65 Å². The molecule has 4 rings (SSSR count). The summed E-state index contributed by atoms with van der Waals surface area (Å²) in [6.07, 6.45) is 4.83. The summed E-state index contributed by atoms with van der Waals surface area (Å²) in [5.74, 6) is 0.546. The molecule has 150 valence electrons. The molecule has 1 amide bonds. The summed E-state index contributed by atoms with van der Waals surface area (Å²) >= 11 is 0. The van der Waals surface area contributed by atoms with Gasteiger partial charge in [0.25, 0.3) is 5.56 Å². The number of hydrogen-bond acceptors (Lipinski definition) is 7. The Morgan fingerprint density at radius 3 is 2.68 bits per heavy atom. The molecule has 9 heteroatoms. The maximum Gasteiger partial charge on any atom is 0.254 e. The molecule has 2 aromatic rings. The predicted octanol–water partition coefficient (Wildman–Crippen LogP) is 0.882. The Kier molecular flexibility index (Phi) is 4.92. The number of fused-ring (bicyclic) bond motifs is 1. The van der Waals surface area contributed by atoms with Crippen LogP contribution in [-0.4, -0.2) is 55.7 Å². The third-order valence-electron chi connectivity index (χ3n) is 5.84. The highest BCUT2D eigenvalue weighted by Gasteiger charge is 2.27. The summed E-state index contributed by atoms with van der Waals surface area (Å²) in [4.78, 5) is 34.9. The molecule has 1 aliphatic carbocycles. The standard InChI is InChI=1S/C19H26N6O3/c1-11(26)24-6-4-12(5-7-24)22-19-21-10-15-16(20)9-17(28)25(18(15)23-19)13-2-3-14(27)8-13/h9-10,12-14,27H,2-8,20H2,1H3,(H,21,22,23)/t13-,14-/m0/s1. The van der Waals surface area contributed by atoms with Crippen LogP contribution in [0.2, 0.25) is 0 Å². The Labute approximate surface area is 162 Å². The molecule has 0 spiro atoms. The highest BCUT2D eigenvalue weighted by Crippen LogP contribution is 2.32. The zero-order chi connectivity index (χ0) is 19.8. The SMILES string of the molecule is CC(=O)N1CCC(Nc2ncc3c(N)cc(=O)n([C@H]4CC[C@H](O)C4)c3n2)CC1. The first kappa shape index (κ1) is 18.7. The van der Waals surface area contributed by atoms with Gasteiger partial charge in [-0.25, -0.2) is 4.98 Å². The molecule has 0 radical (unpaired) electrons. The Morgan fingerprint density at radius 1 is 1.29 bits per heavy atom. The van der Waals surface area contributed by atoms with Crippen LogP contribution < -0.4 is 16.6 Å². The van der Waals surface area contributed by atoms with E-state index in [9.17, 15) is 14.7 Å². The van der Waals surface area contributed by atoms with Crippen LogP contribution in [-0.2, 0) is 4.79 Å². The van der Waals surface area contributed by atoms with Gasteiger partial charge >= 0.3 is 0 Å². The maximum absolute atomic E-state index is 12.6. The molecule has 2 aromatic heterocycles. The van der Waals surface area contributed by atoms with Crippen LogP contribution in [0.4, 0.5) is 11.6 Å². The molecule has 0 aromatic carbocycles. The van der Waals surface area contributed by atoms with Crippen molar-refractivity contribution in [2.75, 3.05) is 24.1 Å². The summed E-state index contributed by atoms with van der Waals surface area (Å²) in [6.45, 7) is 3.00. The molecule has 2 atom stereocenters. The number of carbonyl (C=O) groups is 1. The van der Waals surface area contributed by atoms with Gasteiger partial charge in [0.1, 0.15) is 0 Å². The van der Waals surface area contributed by atoms with E-state index in [2.05, 4.69) is 15.3 Å². The van der Waals surface area contributed by atoms with E-state index in [1.807, 2.05) is 4.90 Å². The van der Waals surface area contributed by atoms with Crippen molar-refractivity contribution in [2.24, 2.45) is 0 Å². The molecule has 0 unspecified atom stereocenters. The van der Waals surface area contributed by atoms with Crippen molar-refractivity contribution in [1.29, 1.82) is 0 Å². The Hall–Kier alpha value is -2.68. The zero-order valence-electron chi connectivity index (χ0n) is 16.0. The second kappa shape index (κ2) is 7.38. The third kappa shape index (κ3) is 3.54. The number of carbonyl (C=O) groups excluding carboxylic acids is 1. The fraction of sp³-hybridized carbons (Fsp3) is 0.579. The first-order chi connectivity index (χ1) is 13.4. The molecule has 0 bridgehead atoms. The Balaban J connectivity index is 1.63. The van der Waals surface area contributed by atoms with Crippen molar-refractivity contribution in [3.63, 3.8) is 0 Å². The Morgan fingerprint density at radius 2 is 2.04 bits per heavy atom. The molecule has 2 fully saturated rings. The number of nitrogens with one attached hydrogen (secondary N) is 1. The lowest BCUT2D eigenvalue weighted by Gasteiger charge is -2.31. The molecule has 1 aliphatic heterocycles. The van der Waals surface area contributed by atoms with Gasteiger partial charge in [0.05, 0.1) is 11.5 Å². The summed E-state index contributed by atoms with van der Waals surface area (Å²) in [7, 11) is 0. The van der Waals surface area contributed by atoms with Crippen LogP contribution in [0.25, 0.3) is 11.0 Å². The smallest absolute Gasteiger partial charge is 0.254 e. The lowest BCUT2D eigenvalue weighted by atomic mass is 10.1. The summed E-state index contributed by atoms with van der Waals surface area (Å²) in [6, 6.07) is 1.48. The maximum atomic E-state index is 12.6. The topological polar surface area (TPSA) is 126 Å². The minimum Gasteiger partial charge on any atom is -0.398 e. The van der Waals surface area contributed by atoms with Gasteiger partial charge in [-0.15, -0.1) is 0 Å². The Bertz CT molecular complexity index is 951. The number of aliphatic hydroxyl groups excluding tert-OH is 1. The van der Waals surface area contributed by atoms with Gasteiger partial charge in [-0.1, -0.05) is 0 Å². The molecule has 28 heavy (non-hydrogen) atoms. The van der Waals surface area contributed by atoms with Gasteiger partial charge in [-0.2, -0.15) is 4.98 Å². The fourth-order valence-electron chi connectivity index (χ4n) is 4.26. The number of aromatic nitrogens is 3. The van der Waals surface area contributed by atoms with Crippen LogP contribution in [0.5, 0.6) is 0 Å². The summed E-state index contributed by atoms with van der Waals surface area (Å²) < 4.78 is 1.65. The summed E-state index contributed by atoms with van der Waals surface area (Å²) in [5.41, 5.74) is 6.68. The van der Waals surface area contributed by atoms with Gasteiger partial charge in [-0.05, 0) is 32.1 Å². The number of nitrogen functional groups attached to an aromatic ring is 1. The number of hydrogen-bond donors (Lipinski definition) is 3. The molecule has 1 saturated carbocycles. The van der Waals surface area contributed by atoms with Gasteiger partial charge < -0.3 is 21.1 Å². The van der Waals surface area contributed by atoms with E-state index >= 15 is 0 Å². The molecular weight excluding hydrogens is 360 g/mol. The predicted molar refractivity (Wildman–Crippen MR) is 106 cm³/mol. The van der Waals surface area contributed by atoms with Crippen molar-refractivity contribution in [3.8, 4) is 0 Å². The largest absolute Gasteiger partial charge is 0.398 e. The van der Waals surface area contributed by atoms with E-state index in [1.165, 1.54) is 6.07 Å². The molecule has 2 aliphatic rings. The lowest BCUT2D eigenvalue weighted by molar-refractivity contribution is -0.129. The van der Waals surface area contributed by atoms with Crippen LogP contribution >= 0.6 is 0 Å². The normalized spacial score (nSPS) is 23.3. The molecule has 9 nitrogen and oxygen atoms in total. The highest BCUT2D eigenvalue weighted by molar-refractivity contribution is 5.87. The van der Waals surface area contributed by atoms with E-state index in [4.69, 9.17) is 5.73 Å². The number of rotatable bonds is 3. The second-order valence-electron chi connectivity index (χ2n) is 7.78.